The molecule has 0 bridgehead atoms. The van der Waals surface area contributed by atoms with Crippen LogP contribution in [0.25, 0.3) is 0 Å². The van der Waals surface area contributed by atoms with Crippen LogP contribution in [0.4, 0.5) is 0 Å². The minimum absolute atomic E-state index is 0.201. The van der Waals surface area contributed by atoms with Crippen molar-refractivity contribution in [3.63, 3.8) is 0 Å². The molecule has 0 aromatic heterocycles. The van der Waals surface area contributed by atoms with E-state index in [-0.39, 0.29) is 5.43 Å². The van der Waals surface area contributed by atoms with Crippen LogP contribution in [-0.2, 0) is 20.4 Å². The van der Waals surface area contributed by atoms with Crippen LogP contribution in [0.1, 0.15) is 41.5 Å². The molecule has 2 aliphatic rings. The van der Waals surface area contributed by atoms with Gasteiger partial charge in [0.15, 0.2) is 0 Å². The zero-order valence-electron chi connectivity index (χ0n) is 14.3. The topological polar surface area (TPSA) is 0 Å². The van der Waals surface area contributed by atoms with Gasteiger partial charge in [0.05, 0.1) is 0 Å². The summed E-state index contributed by atoms with van der Waals surface area (Å²) in [7, 11) is 0. The average molecular weight is 364 g/mol. The maximum absolute atomic E-state index is 2.57. The van der Waals surface area contributed by atoms with Crippen LogP contribution >= 0.6 is 0 Å². The molecule has 2 atom stereocenters. The molecule has 2 aliphatic carbocycles. The van der Waals surface area contributed by atoms with Gasteiger partial charge in [0.2, 0.25) is 0 Å². The van der Waals surface area contributed by atoms with E-state index in [4.69, 9.17) is 0 Å². The molecule has 0 saturated heterocycles. The zero-order chi connectivity index (χ0) is 15.2. The Morgan fingerprint density at radius 1 is 1.00 bits per heavy atom. The Morgan fingerprint density at radius 2 is 1.60 bits per heavy atom. The molecule has 0 N–H and O–H groups in total. The summed E-state index contributed by atoms with van der Waals surface area (Å²) < 4.78 is 3.82. The summed E-state index contributed by atoms with van der Waals surface area (Å²) in [6, 6.07) is 0. The maximum atomic E-state index is 2.57. The normalized spacial score (nSPS) is 26.2. The van der Waals surface area contributed by atoms with Gasteiger partial charge in [-0.05, 0) is 0 Å². The van der Waals surface area contributed by atoms with E-state index in [0.717, 1.165) is 5.92 Å². The van der Waals surface area contributed by atoms with Gasteiger partial charge in [-0.2, -0.15) is 0 Å². The Labute approximate surface area is 132 Å². The van der Waals surface area contributed by atoms with Crippen molar-refractivity contribution in [3.8, 4) is 0 Å². The molecule has 2 heteroatoms. The van der Waals surface area contributed by atoms with E-state index >= 15 is 0 Å². The summed E-state index contributed by atoms with van der Waals surface area (Å²) in [6.07, 6.45) is 4.97. The second kappa shape index (κ2) is 6.05. The summed E-state index contributed by atoms with van der Waals surface area (Å²) in [5, 5.41) is 0. The van der Waals surface area contributed by atoms with E-state index in [0.29, 0.717) is 5.92 Å². The minimum atomic E-state index is -1.66. The molecular formula is C18H28SiZr. The summed E-state index contributed by atoms with van der Waals surface area (Å²) in [6.45, 7) is 19.4. The first kappa shape index (κ1) is 16.4. The van der Waals surface area contributed by atoms with Gasteiger partial charge in [0.1, 0.15) is 0 Å². The van der Waals surface area contributed by atoms with Crippen molar-refractivity contribution in [2.75, 3.05) is 0 Å². The fourth-order valence-corrected chi connectivity index (χ4v) is 23.9. The van der Waals surface area contributed by atoms with Crippen molar-refractivity contribution < 1.29 is 20.4 Å². The first-order chi connectivity index (χ1) is 9.25. The Morgan fingerprint density at radius 3 is 1.95 bits per heavy atom. The van der Waals surface area contributed by atoms with Crippen molar-refractivity contribution in [1.29, 1.82) is 0 Å². The van der Waals surface area contributed by atoms with Crippen LogP contribution in [-0.4, -0.2) is 5.43 Å². The predicted octanol–water partition coefficient (Wildman–Crippen LogP) is 5.60. The molecule has 0 aliphatic heterocycles. The fraction of sp³-hybridized carbons (Fsp3) is 0.556. The van der Waals surface area contributed by atoms with Crippen LogP contribution in [0.15, 0.2) is 41.0 Å². The summed E-state index contributed by atoms with van der Waals surface area (Å²) in [4.78, 5) is 0. The number of hydrogen-bond acceptors (Lipinski definition) is 0. The van der Waals surface area contributed by atoms with Gasteiger partial charge in [0.25, 0.3) is 0 Å². The Bertz CT molecular complexity index is 607. The molecule has 108 valence electrons. The fourth-order valence-electron chi connectivity index (χ4n) is 3.76. The molecule has 0 heterocycles. The van der Waals surface area contributed by atoms with Crippen molar-refractivity contribution >= 4 is 5.43 Å². The van der Waals surface area contributed by atoms with E-state index in [1.807, 2.05) is 6.56 Å². The standard InChI is InChI=1S/2C8H11.C2H6Si.Zr/c2*1-6-4-7(2)8(3)5-6;1-3-2;/h4,8H,1-3H3;4,6H,1-3H3;1-2H3;. The molecule has 0 nitrogen and oxygen atoms in total. The third kappa shape index (κ3) is 2.71. The van der Waals surface area contributed by atoms with Crippen LogP contribution in [0.5, 0.6) is 0 Å². The van der Waals surface area contributed by atoms with Crippen LogP contribution in [0.2, 0.25) is 13.1 Å². The molecule has 0 aromatic carbocycles. The summed E-state index contributed by atoms with van der Waals surface area (Å²) in [5.74, 6) is 1.43. The second-order valence-electron chi connectivity index (χ2n) is 6.76. The Kier molecular flexibility index (Phi) is 4.97. The predicted molar refractivity (Wildman–Crippen MR) is 88.7 cm³/mol. The average Bonchev–Trinajstić information content (AvgIpc) is 2.72. The molecule has 20 heavy (non-hydrogen) atoms. The van der Waals surface area contributed by atoms with E-state index in [2.05, 4.69) is 66.8 Å². The van der Waals surface area contributed by atoms with Gasteiger partial charge < -0.3 is 0 Å². The third-order valence-electron chi connectivity index (χ3n) is 4.97. The first-order valence-electron chi connectivity index (χ1n) is 7.72. The SMILES string of the molecule is CC1=CC(C)[C]([Zr]([C]2=C(C)C=C(C)C2C)=[Si](C)C)=C1C. The van der Waals surface area contributed by atoms with Crippen LogP contribution in [0.3, 0.4) is 0 Å². The molecule has 2 unspecified atom stereocenters. The van der Waals surface area contributed by atoms with E-state index in [9.17, 15) is 0 Å². The zero-order valence-corrected chi connectivity index (χ0v) is 17.8. The van der Waals surface area contributed by atoms with Gasteiger partial charge in [-0.15, -0.1) is 0 Å². The van der Waals surface area contributed by atoms with E-state index < -0.39 is 20.4 Å². The van der Waals surface area contributed by atoms with Gasteiger partial charge in [-0.3, -0.25) is 0 Å². The van der Waals surface area contributed by atoms with Gasteiger partial charge in [0, 0.05) is 0 Å². The van der Waals surface area contributed by atoms with Crippen LogP contribution in [0, 0.1) is 11.8 Å². The van der Waals surface area contributed by atoms with Crippen molar-refractivity contribution in [1.82, 2.24) is 0 Å². The quantitative estimate of drug-likeness (QED) is 0.560. The molecule has 2 rings (SSSR count). The molecule has 0 spiro atoms. The van der Waals surface area contributed by atoms with E-state index in [1.54, 1.807) is 22.3 Å². The van der Waals surface area contributed by atoms with Crippen molar-refractivity contribution in [2.45, 2.75) is 54.6 Å². The second-order valence-corrected chi connectivity index (χ2v) is 23.6. The summed E-state index contributed by atoms with van der Waals surface area (Å²) >= 11 is -1.66. The molecular weight excluding hydrogens is 336 g/mol. The van der Waals surface area contributed by atoms with E-state index in [1.165, 1.54) is 0 Å². The Balaban J connectivity index is 2.60. The van der Waals surface area contributed by atoms with Crippen LogP contribution < -0.4 is 0 Å². The monoisotopic (exact) mass is 362 g/mol. The number of rotatable bonds is 2. The number of allylic oxidation sites excluding steroid dienone is 8. The molecule has 0 aromatic rings. The first-order valence-corrected chi connectivity index (χ1v) is 16.4. The number of hydrogen-bond donors (Lipinski definition) is 0. The molecule has 0 saturated carbocycles. The third-order valence-corrected chi connectivity index (χ3v) is 23.3. The van der Waals surface area contributed by atoms with Crippen molar-refractivity contribution in [3.05, 3.63) is 41.0 Å². The van der Waals surface area contributed by atoms with Gasteiger partial charge >= 0.3 is 133 Å². The van der Waals surface area contributed by atoms with Gasteiger partial charge in [-0.1, -0.05) is 0 Å². The summed E-state index contributed by atoms with van der Waals surface area (Å²) in [5.41, 5.74) is 6.20. The molecule has 0 amide bonds. The van der Waals surface area contributed by atoms with Gasteiger partial charge in [-0.25, -0.2) is 0 Å². The Hall–Kier alpha value is 0.0600. The van der Waals surface area contributed by atoms with Crippen molar-refractivity contribution in [2.24, 2.45) is 11.8 Å². The molecule has 0 radical (unpaired) electrons. The molecule has 0 fully saturated rings.